The molecule has 0 aromatic heterocycles. The van der Waals surface area contributed by atoms with Crippen LogP contribution >= 0.6 is 0 Å². The molecule has 1 aliphatic heterocycles. The van der Waals surface area contributed by atoms with Crippen LogP contribution in [0.5, 0.6) is 11.5 Å². The van der Waals surface area contributed by atoms with Crippen molar-refractivity contribution < 1.29 is 17.3 Å². The molecule has 1 aliphatic rings. The second-order valence-electron chi connectivity index (χ2n) is 4.56. The third-order valence-corrected chi connectivity index (χ3v) is 3.94. The Balaban J connectivity index is 2.04. The fourth-order valence-corrected chi connectivity index (χ4v) is 2.96. The molecule has 0 fully saturated rings. The SMILES string of the molecule is COc1ccccc1C=CC1=NS(=O)(=O)Oc2ccccc21. The van der Waals surface area contributed by atoms with Gasteiger partial charge in [0.25, 0.3) is 0 Å². The van der Waals surface area contributed by atoms with Crippen molar-refractivity contribution in [3.63, 3.8) is 0 Å². The van der Waals surface area contributed by atoms with E-state index >= 15 is 0 Å². The summed E-state index contributed by atoms with van der Waals surface area (Å²) >= 11 is 0. The Morgan fingerprint density at radius 2 is 1.77 bits per heavy atom. The maximum absolute atomic E-state index is 11.7. The number of allylic oxidation sites excluding steroid dienone is 1. The smallest absolute Gasteiger partial charge is 0.429 e. The van der Waals surface area contributed by atoms with Crippen LogP contribution in [0.15, 0.2) is 59.0 Å². The predicted octanol–water partition coefficient (Wildman–Crippen LogP) is 2.83. The first kappa shape index (κ1) is 14.3. The first-order chi connectivity index (χ1) is 10.6. The third kappa shape index (κ3) is 2.87. The number of hydrogen-bond donors (Lipinski definition) is 0. The van der Waals surface area contributed by atoms with Gasteiger partial charge in [0.1, 0.15) is 5.75 Å². The zero-order valence-corrected chi connectivity index (χ0v) is 12.6. The molecule has 1 heterocycles. The Morgan fingerprint density at radius 3 is 2.59 bits per heavy atom. The molecule has 0 radical (unpaired) electrons. The highest BCUT2D eigenvalue weighted by atomic mass is 32.2. The van der Waals surface area contributed by atoms with E-state index < -0.39 is 10.3 Å². The fourth-order valence-electron chi connectivity index (χ4n) is 2.15. The molecule has 0 saturated carbocycles. The molecular weight excluding hydrogens is 302 g/mol. The van der Waals surface area contributed by atoms with Crippen molar-refractivity contribution in [1.29, 1.82) is 0 Å². The summed E-state index contributed by atoms with van der Waals surface area (Å²) in [6, 6.07) is 14.3. The van der Waals surface area contributed by atoms with Gasteiger partial charge in [-0.2, -0.15) is 8.42 Å². The summed E-state index contributed by atoms with van der Waals surface area (Å²) in [5, 5.41) is 0. The summed E-state index contributed by atoms with van der Waals surface area (Å²) < 4.78 is 37.2. The average Bonchev–Trinajstić information content (AvgIpc) is 2.51. The van der Waals surface area contributed by atoms with Gasteiger partial charge in [-0.3, -0.25) is 0 Å². The van der Waals surface area contributed by atoms with Crippen LogP contribution in [0.2, 0.25) is 0 Å². The van der Waals surface area contributed by atoms with Gasteiger partial charge in [0, 0.05) is 11.1 Å². The summed E-state index contributed by atoms with van der Waals surface area (Å²) in [7, 11) is -2.38. The Labute approximate surface area is 128 Å². The first-order valence-electron chi connectivity index (χ1n) is 6.54. The molecule has 2 aromatic carbocycles. The van der Waals surface area contributed by atoms with E-state index in [2.05, 4.69) is 4.40 Å². The molecule has 3 rings (SSSR count). The lowest BCUT2D eigenvalue weighted by molar-refractivity contribution is 0.414. The number of benzene rings is 2. The summed E-state index contributed by atoms with van der Waals surface area (Å²) in [6.07, 6.45) is 3.39. The van der Waals surface area contributed by atoms with E-state index in [-0.39, 0.29) is 5.75 Å². The van der Waals surface area contributed by atoms with Crippen LogP contribution in [0.4, 0.5) is 0 Å². The molecule has 0 spiro atoms. The van der Waals surface area contributed by atoms with Crippen molar-refractivity contribution in [2.24, 2.45) is 4.40 Å². The minimum Gasteiger partial charge on any atom is -0.496 e. The predicted molar refractivity (Wildman–Crippen MR) is 84.6 cm³/mol. The minimum atomic E-state index is -3.96. The van der Waals surface area contributed by atoms with Gasteiger partial charge in [-0.15, -0.1) is 4.40 Å². The van der Waals surface area contributed by atoms with Crippen molar-refractivity contribution >= 4 is 22.1 Å². The topological polar surface area (TPSA) is 65.0 Å². The van der Waals surface area contributed by atoms with E-state index in [4.69, 9.17) is 8.92 Å². The Bertz CT molecular complexity index is 869. The summed E-state index contributed by atoms with van der Waals surface area (Å²) in [6.45, 7) is 0. The minimum absolute atomic E-state index is 0.275. The molecule has 0 saturated heterocycles. The van der Waals surface area contributed by atoms with Crippen LogP contribution in [0, 0.1) is 0 Å². The van der Waals surface area contributed by atoms with Crippen molar-refractivity contribution in [2.75, 3.05) is 7.11 Å². The van der Waals surface area contributed by atoms with Crippen LogP contribution < -0.4 is 8.92 Å². The Hall–Kier alpha value is -2.60. The number of hydrogen-bond acceptors (Lipinski definition) is 4. The molecule has 112 valence electrons. The van der Waals surface area contributed by atoms with Crippen molar-refractivity contribution in [3.8, 4) is 11.5 Å². The number of rotatable bonds is 3. The van der Waals surface area contributed by atoms with Gasteiger partial charge in [0.15, 0.2) is 5.75 Å². The van der Waals surface area contributed by atoms with Crippen LogP contribution in [-0.4, -0.2) is 21.2 Å². The largest absolute Gasteiger partial charge is 0.496 e. The quantitative estimate of drug-likeness (QED) is 0.873. The molecule has 0 atom stereocenters. The van der Waals surface area contributed by atoms with Gasteiger partial charge in [-0.05, 0) is 30.4 Å². The maximum Gasteiger partial charge on any atom is 0.429 e. The standard InChI is InChI=1S/C16H13NO4S/c1-20-15-8-4-2-6-12(15)10-11-14-13-7-3-5-9-16(13)21-22(18,19)17-14/h2-11H,1H3. The number of para-hydroxylation sites is 2. The van der Waals surface area contributed by atoms with Gasteiger partial charge in [0.2, 0.25) is 0 Å². The van der Waals surface area contributed by atoms with Crippen LogP contribution in [-0.2, 0) is 10.3 Å². The summed E-state index contributed by atoms with van der Waals surface area (Å²) in [4.78, 5) is 0. The van der Waals surface area contributed by atoms with E-state index in [9.17, 15) is 8.42 Å². The molecule has 6 heteroatoms. The zero-order valence-electron chi connectivity index (χ0n) is 11.8. The lowest BCUT2D eigenvalue weighted by atomic mass is 10.1. The molecule has 0 aliphatic carbocycles. The maximum atomic E-state index is 11.7. The second-order valence-corrected chi connectivity index (χ2v) is 5.76. The summed E-state index contributed by atoms with van der Waals surface area (Å²) in [5.41, 5.74) is 1.78. The van der Waals surface area contributed by atoms with E-state index in [1.807, 2.05) is 24.3 Å². The van der Waals surface area contributed by atoms with Crippen molar-refractivity contribution in [2.45, 2.75) is 0 Å². The fraction of sp³-hybridized carbons (Fsp3) is 0.0625. The second kappa shape index (κ2) is 5.65. The lowest BCUT2D eigenvalue weighted by Crippen LogP contribution is -2.17. The monoisotopic (exact) mass is 315 g/mol. The van der Waals surface area contributed by atoms with Crippen molar-refractivity contribution in [3.05, 3.63) is 65.7 Å². The highest BCUT2D eigenvalue weighted by Gasteiger charge is 2.23. The lowest BCUT2D eigenvalue weighted by Gasteiger charge is -2.14. The number of fused-ring (bicyclic) bond motifs is 1. The highest BCUT2D eigenvalue weighted by molar-refractivity contribution is 7.86. The van der Waals surface area contributed by atoms with E-state index in [0.29, 0.717) is 17.0 Å². The van der Waals surface area contributed by atoms with Gasteiger partial charge in [-0.25, -0.2) is 0 Å². The number of nitrogens with zero attached hydrogens (tertiary/aromatic N) is 1. The normalized spacial score (nSPS) is 15.8. The van der Waals surface area contributed by atoms with E-state index in [1.165, 1.54) is 0 Å². The first-order valence-corrected chi connectivity index (χ1v) is 7.90. The van der Waals surface area contributed by atoms with Gasteiger partial charge >= 0.3 is 10.3 Å². The average molecular weight is 315 g/mol. The van der Waals surface area contributed by atoms with Crippen LogP contribution in [0.3, 0.4) is 0 Å². The number of methoxy groups -OCH3 is 1. The molecule has 22 heavy (non-hydrogen) atoms. The molecule has 0 bridgehead atoms. The van der Waals surface area contributed by atoms with E-state index in [1.54, 1.807) is 43.5 Å². The summed E-state index contributed by atoms with van der Waals surface area (Å²) in [5.74, 6) is 0.972. The molecule has 5 nitrogen and oxygen atoms in total. The molecule has 0 unspecified atom stereocenters. The highest BCUT2D eigenvalue weighted by Crippen LogP contribution is 2.27. The van der Waals surface area contributed by atoms with Gasteiger partial charge < -0.3 is 8.92 Å². The van der Waals surface area contributed by atoms with Crippen LogP contribution in [0.1, 0.15) is 11.1 Å². The third-order valence-electron chi connectivity index (χ3n) is 3.13. The van der Waals surface area contributed by atoms with Crippen molar-refractivity contribution in [1.82, 2.24) is 0 Å². The van der Waals surface area contributed by atoms with Crippen LogP contribution in [0.25, 0.3) is 6.08 Å². The van der Waals surface area contributed by atoms with Gasteiger partial charge in [-0.1, -0.05) is 30.3 Å². The van der Waals surface area contributed by atoms with E-state index in [0.717, 1.165) is 5.56 Å². The van der Waals surface area contributed by atoms with Gasteiger partial charge in [0.05, 0.1) is 12.8 Å². The zero-order chi connectivity index (χ0) is 15.6. The molecule has 2 aromatic rings. The Morgan fingerprint density at radius 1 is 1.05 bits per heavy atom. The molecule has 0 amide bonds. The Kier molecular flexibility index (Phi) is 3.68. The molecule has 0 N–H and O–H groups in total. The molecular formula is C16H13NO4S. The number of ether oxygens (including phenoxy) is 1.